The number of rotatable bonds is 4. The lowest BCUT2D eigenvalue weighted by Gasteiger charge is -2.34. The second-order valence-electron chi connectivity index (χ2n) is 5.49. The molecule has 0 amide bonds. The molecule has 0 aliphatic carbocycles. The van der Waals surface area contributed by atoms with Crippen LogP contribution in [0.4, 0.5) is 11.4 Å². The monoisotopic (exact) mass is 346 g/mol. The first-order valence-electron chi connectivity index (χ1n) is 7.39. The molecule has 9 nitrogen and oxygen atoms in total. The van der Waals surface area contributed by atoms with E-state index in [1.54, 1.807) is 0 Å². The minimum atomic E-state index is -0.934. The van der Waals surface area contributed by atoms with Crippen molar-refractivity contribution in [2.75, 3.05) is 6.61 Å². The average Bonchev–Trinajstić information content (AvgIpc) is 2.62. The maximum atomic E-state index is 10.7. The molecule has 3 atom stereocenters. The summed E-state index contributed by atoms with van der Waals surface area (Å²) in [6.07, 6.45) is -2.46. The number of hydrogen-bond donors (Lipinski definition) is 1. The van der Waals surface area contributed by atoms with Crippen molar-refractivity contribution < 1.29 is 24.4 Å². The van der Waals surface area contributed by atoms with Gasteiger partial charge in [-0.25, -0.2) is 0 Å². The van der Waals surface area contributed by atoms with Crippen molar-refractivity contribution in [2.45, 2.75) is 18.5 Å². The molecule has 1 aliphatic heterocycles. The Morgan fingerprint density at radius 1 is 0.880 bits per heavy atom. The third-order valence-corrected chi connectivity index (χ3v) is 3.85. The zero-order chi connectivity index (χ0) is 18.0. The van der Waals surface area contributed by atoms with Gasteiger partial charge in [0.25, 0.3) is 11.4 Å². The number of ether oxygens (including phenoxy) is 2. The van der Waals surface area contributed by atoms with Gasteiger partial charge in [0, 0.05) is 29.8 Å². The Morgan fingerprint density at radius 2 is 1.36 bits per heavy atom. The Labute approximate surface area is 141 Å². The number of nitro benzene ring substituents is 2. The first-order chi connectivity index (χ1) is 12.0. The maximum Gasteiger partial charge on any atom is 0.269 e. The molecular weight excluding hydrogens is 332 g/mol. The third-order valence-electron chi connectivity index (χ3n) is 3.85. The summed E-state index contributed by atoms with van der Waals surface area (Å²) in [4.78, 5) is 20.4. The van der Waals surface area contributed by atoms with Crippen LogP contribution in [0.3, 0.4) is 0 Å². The number of nitro groups is 2. The molecule has 1 saturated heterocycles. The molecule has 0 radical (unpaired) electrons. The standard InChI is InChI=1S/C16H14N2O7/c19-14-9-24-16(11-3-7-13(8-4-11)18(22)23)25-15(14)10-1-5-12(6-2-10)17(20)21/h1-8,14-16,19H,9H2. The summed E-state index contributed by atoms with van der Waals surface area (Å²) in [6.45, 7) is 0.00328. The van der Waals surface area contributed by atoms with Crippen molar-refractivity contribution in [2.24, 2.45) is 0 Å². The largest absolute Gasteiger partial charge is 0.388 e. The molecule has 25 heavy (non-hydrogen) atoms. The van der Waals surface area contributed by atoms with Crippen molar-refractivity contribution in [3.05, 3.63) is 79.9 Å². The van der Waals surface area contributed by atoms with Gasteiger partial charge in [-0.1, -0.05) is 0 Å². The van der Waals surface area contributed by atoms with Crippen LogP contribution in [0.5, 0.6) is 0 Å². The fourth-order valence-electron chi connectivity index (χ4n) is 2.55. The Bertz CT molecular complexity index is 776. The fraction of sp³-hybridized carbons (Fsp3) is 0.250. The Morgan fingerprint density at radius 3 is 1.84 bits per heavy atom. The first-order valence-corrected chi connectivity index (χ1v) is 7.39. The quantitative estimate of drug-likeness (QED) is 0.666. The van der Waals surface area contributed by atoms with Crippen LogP contribution in [0.1, 0.15) is 23.5 Å². The van der Waals surface area contributed by atoms with Gasteiger partial charge in [-0.3, -0.25) is 20.2 Å². The van der Waals surface area contributed by atoms with Crippen LogP contribution in [-0.4, -0.2) is 27.7 Å². The molecule has 1 heterocycles. The first kappa shape index (κ1) is 17.0. The number of nitrogens with zero attached hydrogens (tertiary/aromatic N) is 2. The van der Waals surface area contributed by atoms with Gasteiger partial charge in [0.15, 0.2) is 6.29 Å². The van der Waals surface area contributed by atoms with Gasteiger partial charge in [-0.15, -0.1) is 0 Å². The van der Waals surface area contributed by atoms with Gasteiger partial charge in [0.2, 0.25) is 0 Å². The van der Waals surface area contributed by atoms with E-state index >= 15 is 0 Å². The van der Waals surface area contributed by atoms with E-state index < -0.39 is 28.3 Å². The van der Waals surface area contributed by atoms with E-state index in [0.717, 1.165) is 0 Å². The lowest BCUT2D eigenvalue weighted by Crippen LogP contribution is -2.34. The summed E-state index contributed by atoms with van der Waals surface area (Å²) in [5, 5.41) is 31.5. The van der Waals surface area contributed by atoms with Gasteiger partial charge in [0.1, 0.15) is 12.2 Å². The average molecular weight is 346 g/mol. The zero-order valence-corrected chi connectivity index (χ0v) is 12.8. The molecule has 3 rings (SSSR count). The molecule has 0 aromatic heterocycles. The Hall–Kier alpha value is -2.88. The molecule has 1 aliphatic rings. The van der Waals surface area contributed by atoms with Crippen LogP contribution in [0, 0.1) is 20.2 Å². The van der Waals surface area contributed by atoms with Crippen LogP contribution < -0.4 is 0 Å². The van der Waals surface area contributed by atoms with E-state index in [0.29, 0.717) is 11.1 Å². The van der Waals surface area contributed by atoms with Gasteiger partial charge < -0.3 is 14.6 Å². The number of hydrogen-bond acceptors (Lipinski definition) is 7. The predicted molar refractivity (Wildman–Crippen MR) is 84.7 cm³/mol. The smallest absolute Gasteiger partial charge is 0.269 e. The minimum Gasteiger partial charge on any atom is -0.388 e. The topological polar surface area (TPSA) is 125 Å². The van der Waals surface area contributed by atoms with Crippen LogP contribution in [0.2, 0.25) is 0 Å². The highest BCUT2D eigenvalue weighted by Crippen LogP contribution is 2.35. The normalized spacial score (nSPS) is 23.2. The summed E-state index contributed by atoms with van der Waals surface area (Å²) in [5.41, 5.74) is 1.04. The van der Waals surface area contributed by atoms with Crippen LogP contribution >= 0.6 is 0 Å². The molecule has 3 unspecified atom stereocenters. The highest BCUT2D eigenvalue weighted by Gasteiger charge is 2.33. The zero-order valence-electron chi connectivity index (χ0n) is 12.8. The number of aliphatic hydroxyl groups is 1. The number of aliphatic hydroxyl groups excluding tert-OH is 1. The molecule has 1 N–H and O–H groups in total. The van der Waals surface area contributed by atoms with E-state index in [9.17, 15) is 25.3 Å². The van der Waals surface area contributed by atoms with Crippen LogP contribution in [0.25, 0.3) is 0 Å². The summed E-state index contributed by atoms with van der Waals surface area (Å²) in [6, 6.07) is 11.4. The lowest BCUT2D eigenvalue weighted by atomic mass is 10.0. The van der Waals surface area contributed by atoms with Gasteiger partial charge in [-0.2, -0.15) is 0 Å². The highest BCUT2D eigenvalue weighted by atomic mass is 16.7. The van der Waals surface area contributed by atoms with E-state index in [4.69, 9.17) is 9.47 Å². The number of benzene rings is 2. The molecule has 0 saturated carbocycles. The second-order valence-corrected chi connectivity index (χ2v) is 5.49. The predicted octanol–water partition coefficient (Wildman–Crippen LogP) is 2.65. The van der Waals surface area contributed by atoms with Crippen molar-refractivity contribution >= 4 is 11.4 Å². The molecule has 130 valence electrons. The van der Waals surface area contributed by atoms with E-state index in [-0.39, 0.29) is 18.0 Å². The Balaban J connectivity index is 1.79. The SMILES string of the molecule is O=[N+]([O-])c1ccc(C2OCC(O)C(c3ccc([N+](=O)[O-])cc3)O2)cc1. The van der Waals surface area contributed by atoms with Crippen LogP contribution in [0.15, 0.2) is 48.5 Å². The van der Waals surface area contributed by atoms with Gasteiger partial charge >= 0.3 is 0 Å². The second kappa shape index (κ2) is 6.93. The van der Waals surface area contributed by atoms with E-state index in [1.807, 2.05) is 0 Å². The van der Waals surface area contributed by atoms with Gasteiger partial charge in [-0.05, 0) is 29.8 Å². The minimum absolute atomic E-state index is 0.00328. The van der Waals surface area contributed by atoms with Crippen molar-refractivity contribution in [1.29, 1.82) is 0 Å². The third kappa shape index (κ3) is 3.63. The molecule has 9 heteroatoms. The fourth-order valence-corrected chi connectivity index (χ4v) is 2.55. The van der Waals surface area contributed by atoms with Crippen molar-refractivity contribution in [3.63, 3.8) is 0 Å². The number of non-ortho nitro benzene ring substituents is 2. The molecule has 1 fully saturated rings. The molecule has 0 spiro atoms. The van der Waals surface area contributed by atoms with E-state index in [2.05, 4.69) is 0 Å². The highest BCUT2D eigenvalue weighted by molar-refractivity contribution is 5.35. The van der Waals surface area contributed by atoms with Gasteiger partial charge in [0.05, 0.1) is 16.5 Å². The summed E-state index contributed by atoms with van der Waals surface area (Å²) < 4.78 is 11.2. The molecule has 0 bridgehead atoms. The van der Waals surface area contributed by atoms with Crippen molar-refractivity contribution in [1.82, 2.24) is 0 Å². The molecule has 2 aromatic carbocycles. The maximum absolute atomic E-state index is 10.7. The summed E-state index contributed by atoms with van der Waals surface area (Å²) in [7, 11) is 0. The summed E-state index contributed by atoms with van der Waals surface area (Å²) >= 11 is 0. The molecule has 2 aromatic rings. The summed E-state index contributed by atoms with van der Waals surface area (Å²) in [5.74, 6) is 0. The van der Waals surface area contributed by atoms with E-state index in [1.165, 1.54) is 48.5 Å². The molecular formula is C16H14N2O7. The lowest BCUT2D eigenvalue weighted by molar-refractivity contribution is -0.385. The van der Waals surface area contributed by atoms with Crippen LogP contribution in [-0.2, 0) is 9.47 Å². The van der Waals surface area contributed by atoms with Crippen molar-refractivity contribution in [3.8, 4) is 0 Å². The Kier molecular flexibility index (Phi) is 4.70.